The molecule has 1 aromatic carbocycles. The number of nitriles is 1. The van der Waals surface area contributed by atoms with Crippen LogP contribution in [0, 0.1) is 21.4 Å². The Bertz CT molecular complexity index is 648. The monoisotopic (exact) mass is 255 g/mol. The third-order valence-electron chi connectivity index (χ3n) is 2.52. The molecule has 0 spiro atoms. The first kappa shape index (κ1) is 12.4. The second kappa shape index (κ2) is 5.10. The van der Waals surface area contributed by atoms with Gasteiger partial charge in [-0.15, -0.1) is 0 Å². The van der Waals surface area contributed by atoms with Crippen molar-refractivity contribution in [2.24, 2.45) is 0 Å². The molecule has 0 fully saturated rings. The van der Waals surface area contributed by atoms with Crippen molar-refractivity contribution in [3.05, 3.63) is 52.3 Å². The van der Waals surface area contributed by atoms with E-state index in [0.29, 0.717) is 11.3 Å². The van der Waals surface area contributed by atoms with Gasteiger partial charge in [0.1, 0.15) is 18.5 Å². The number of rotatable bonds is 3. The third-order valence-corrected chi connectivity index (χ3v) is 2.52. The van der Waals surface area contributed by atoms with E-state index in [4.69, 9.17) is 5.26 Å². The van der Waals surface area contributed by atoms with Crippen LogP contribution < -0.4 is 4.90 Å². The minimum atomic E-state index is -0.562. The summed E-state index contributed by atoms with van der Waals surface area (Å²) < 4.78 is 0. The van der Waals surface area contributed by atoms with Crippen molar-refractivity contribution in [3.8, 4) is 6.07 Å². The van der Waals surface area contributed by atoms with Gasteiger partial charge in [-0.2, -0.15) is 5.26 Å². The maximum atomic E-state index is 10.5. The number of benzene rings is 1. The Kier molecular flexibility index (Phi) is 3.34. The van der Waals surface area contributed by atoms with Crippen LogP contribution in [0.1, 0.15) is 5.56 Å². The van der Waals surface area contributed by atoms with E-state index in [-0.39, 0.29) is 11.6 Å². The second-order valence-electron chi connectivity index (χ2n) is 3.69. The molecule has 0 aliphatic carbocycles. The summed E-state index contributed by atoms with van der Waals surface area (Å²) in [5, 5.41) is 19.5. The topological polar surface area (TPSA) is 95.9 Å². The van der Waals surface area contributed by atoms with Gasteiger partial charge in [-0.3, -0.25) is 10.1 Å². The van der Waals surface area contributed by atoms with Crippen LogP contribution in [0.5, 0.6) is 0 Å². The van der Waals surface area contributed by atoms with E-state index in [0.717, 1.165) is 12.4 Å². The van der Waals surface area contributed by atoms with E-state index in [2.05, 4.69) is 16.0 Å². The van der Waals surface area contributed by atoms with Gasteiger partial charge in [0.25, 0.3) is 0 Å². The first-order chi connectivity index (χ1) is 9.13. The van der Waals surface area contributed by atoms with Gasteiger partial charge in [-0.1, -0.05) is 12.1 Å². The summed E-state index contributed by atoms with van der Waals surface area (Å²) in [6, 6.07) is 9.05. The van der Waals surface area contributed by atoms with Gasteiger partial charge in [-0.05, 0) is 12.1 Å². The lowest BCUT2D eigenvalue weighted by Gasteiger charge is -2.17. The molecule has 0 aliphatic rings. The van der Waals surface area contributed by atoms with Gasteiger partial charge >= 0.3 is 5.69 Å². The molecule has 1 heterocycles. The average Bonchev–Trinajstić information content (AvgIpc) is 2.46. The van der Waals surface area contributed by atoms with Crippen LogP contribution >= 0.6 is 0 Å². The zero-order valence-corrected chi connectivity index (χ0v) is 10.0. The smallest absolute Gasteiger partial charge is 0.305 e. The first-order valence-electron chi connectivity index (χ1n) is 5.33. The number of anilines is 2. The molecular weight excluding hydrogens is 246 g/mol. The molecule has 0 atom stereocenters. The summed E-state index contributed by atoms with van der Waals surface area (Å²) in [5.74, 6) is 0.285. The van der Waals surface area contributed by atoms with E-state index < -0.39 is 4.92 Å². The quantitative estimate of drug-likeness (QED) is 0.615. The molecule has 2 aromatic rings. The van der Waals surface area contributed by atoms with Crippen LogP contribution in [0.3, 0.4) is 0 Å². The van der Waals surface area contributed by atoms with Gasteiger partial charge in [0.15, 0.2) is 0 Å². The highest BCUT2D eigenvalue weighted by atomic mass is 16.6. The van der Waals surface area contributed by atoms with Crippen molar-refractivity contribution in [1.29, 1.82) is 5.26 Å². The summed E-state index contributed by atoms with van der Waals surface area (Å²) in [6.07, 6.45) is 2.27. The molecule has 0 saturated carbocycles. The normalized spacial score (nSPS) is 9.68. The van der Waals surface area contributed by atoms with Gasteiger partial charge < -0.3 is 4.90 Å². The van der Waals surface area contributed by atoms with E-state index in [1.807, 2.05) is 0 Å². The summed E-state index contributed by atoms with van der Waals surface area (Å²) in [4.78, 5) is 19.4. The lowest BCUT2D eigenvalue weighted by atomic mass is 10.2. The third kappa shape index (κ3) is 2.47. The number of hydrogen-bond acceptors (Lipinski definition) is 6. The molecule has 1 aromatic heterocycles. The SMILES string of the molecule is CN(c1ncc([N+](=O)[O-])cn1)c1ccccc1C#N. The minimum Gasteiger partial charge on any atom is -0.312 e. The van der Waals surface area contributed by atoms with Crippen molar-refractivity contribution in [2.75, 3.05) is 11.9 Å². The Morgan fingerprint density at radius 1 is 1.32 bits per heavy atom. The predicted molar refractivity (Wildman–Crippen MR) is 67.9 cm³/mol. The zero-order chi connectivity index (χ0) is 13.8. The lowest BCUT2D eigenvalue weighted by Crippen LogP contribution is -2.14. The van der Waals surface area contributed by atoms with Crippen LogP contribution in [0.15, 0.2) is 36.7 Å². The number of aromatic nitrogens is 2. The Hall–Kier alpha value is -3.01. The maximum absolute atomic E-state index is 10.5. The fourth-order valence-corrected chi connectivity index (χ4v) is 1.55. The van der Waals surface area contributed by atoms with Crippen LogP contribution in [-0.2, 0) is 0 Å². The van der Waals surface area contributed by atoms with Crippen molar-refractivity contribution >= 4 is 17.3 Å². The van der Waals surface area contributed by atoms with Crippen LogP contribution in [-0.4, -0.2) is 21.9 Å². The minimum absolute atomic E-state index is 0.175. The van der Waals surface area contributed by atoms with Crippen molar-refractivity contribution < 1.29 is 4.92 Å². The first-order valence-corrected chi connectivity index (χ1v) is 5.33. The van der Waals surface area contributed by atoms with Crippen LogP contribution in [0.2, 0.25) is 0 Å². The molecule has 7 heteroatoms. The number of hydrogen-bond donors (Lipinski definition) is 0. The van der Waals surface area contributed by atoms with Gasteiger partial charge in [0, 0.05) is 7.05 Å². The maximum Gasteiger partial charge on any atom is 0.305 e. The van der Waals surface area contributed by atoms with Crippen molar-refractivity contribution in [3.63, 3.8) is 0 Å². The molecule has 0 radical (unpaired) electrons. The largest absolute Gasteiger partial charge is 0.312 e. The van der Waals surface area contributed by atoms with Crippen LogP contribution in [0.25, 0.3) is 0 Å². The predicted octanol–water partition coefficient (Wildman–Crippen LogP) is 2.02. The van der Waals surface area contributed by atoms with E-state index in [1.165, 1.54) is 0 Å². The Morgan fingerprint density at radius 2 is 1.95 bits per heavy atom. The summed E-state index contributed by atoms with van der Waals surface area (Å²) in [7, 11) is 1.69. The Labute approximate surface area is 108 Å². The fourth-order valence-electron chi connectivity index (χ4n) is 1.55. The summed E-state index contributed by atoms with van der Waals surface area (Å²) in [6.45, 7) is 0. The number of para-hydroxylation sites is 1. The lowest BCUT2D eigenvalue weighted by molar-refractivity contribution is -0.385. The van der Waals surface area contributed by atoms with E-state index in [1.54, 1.807) is 36.2 Å². The average molecular weight is 255 g/mol. The van der Waals surface area contributed by atoms with Crippen LogP contribution in [0.4, 0.5) is 17.3 Å². The molecule has 94 valence electrons. The second-order valence-corrected chi connectivity index (χ2v) is 3.69. The molecule has 0 N–H and O–H groups in total. The number of nitrogens with zero attached hydrogens (tertiary/aromatic N) is 5. The Balaban J connectivity index is 2.36. The molecule has 0 saturated heterocycles. The van der Waals surface area contributed by atoms with Crippen molar-refractivity contribution in [1.82, 2.24) is 9.97 Å². The summed E-state index contributed by atoms with van der Waals surface area (Å²) in [5.41, 5.74) is 0.941. The molecule has 7 nitrogen and oxygen atoms in total. The standard InChI is InChI=1S/C12H9N5O2/c1-16(11-5-3-2-4-9(11)6-13)12-14-7-10(8-15-12)17(18)19/h2-5,7-8H,1H3. The van der Waals surface area contributed by atoms with E-state index in [9.17, 15) is 10.1 Å². The molecule has 2 rings (SSSR count). The van der Waals surface area contributed by atoms with Gasteiger partial charge in [0.05, 0.1) is 16.2 Å². The van der Waals surface area contributed by atoms with Gasteiger partial charge in [-0.25, -0.2) is 9.97 Å². The highest BCUT2D eigenvalue weighted by Crippen LogP contribution is 2.24. The molecule has 0 aliphatic heterocycles. The van der Waals surface area contributed by atoms with Crippen molar-refractivity contribution in [2.45, 2.75) is 0 Å². The highest BCUT2D eigenvalue weighted by molar-refractivity contribution is 5.64. The fraction of sp³-hybridized carbons (Fsp3) is 0.0833. The Morgan fingerprint density at radius 3 is 2.53 bits per heavy atom. The zero-order valence-electron chi connectivity index (χ0n) is 10.0. The number of nitro groups is 1. The molecule has 19 heavy (non-hydrogen) atoms. The molecule has 0 bridgehead atoms. The highest BCUT2D eigenvalue weighted by Gasteiger charge is 2.13. The molecule has 0 amide bonds. The summed E-state index contributed by atoms with van der Waals surface area (Å²) >= 11 is 0. The molecular formula is C12H9N5O2. The van der Waals surface area contributed by atoms with Gasteiger partial charge in [0.2, 0.25) is 5.95 Å². The molecule has 0 unspecified atom stereocenters. The van der Waals surface area contributed by atoms with E-state index >= 15 is 0 Å².